The summed E-state index contributed by atoms with van der Waals surface area (Å²) in [6.07, 6.45) is 3.50. The van der Waals surface area contributed by atoms with Gasteiger partial charge < -0.3 is 24.1 Å². The van der Waals surface area contributed by atoms with Crippen molar-refractivity contribution in [2.75, 3.05) is 26.9 Å². The number of fused-ring (bicyclic) bond motifs is 1. The third-order valence-electron chi connectivity index (χ3n) is 4.89. The van der Waals surface area contributed by atoms with Crippen molar-refractivity contribution < 1.29 is 28.3 Å². The molecule has 0 saturated carbocycles. The fourth-order valence-electron chi connectivity index (χ4n) is 3.27. The molecule has 1 atom stereocenters. The van der Waals surface area contributed by atoms with Gasteiger partial charge in [0.05, 0.1) is 0 Å². The van der Waals surface area contributed by atoms with Gasteiger partial charge in [0.15, 0.2) is 12.8 Å². The van der Waals surface area contributed by atoms with Crippen LogP contribution in [0.4, 0.5) is 9.59 Å². The summed E-state index contributed by atoms with van der Waals surface area (Å²) in [5.74, 6) is -0.276. The molecule has 2 aliphatic rings. The third kappa shape index (κ3) is 3.63. The molecule has 4 heterocycles. The Bertz CT molecular complexity index is 871. The Morgan fingerprint density at radius 3 is 2.89 bits per heavy atom. The number of amides is 3. The highest BCUT2D eigenvalue weighted by Gasteiger charge is 2.41. The number of pyridine rings is 1. The molecule has 2 aromatic heterocycles. The van der Waals surface area contributed by atoms with E-state index in [1.54, 1.807) is 24.5 Å². The van der Waals surface area contributed by atoms with Gasteiger partial charge in [-0.2, -0.15) is 0 Å². The molecule has 0 radical (unpaired) electrons. The van der Waals surface area contributed by atoms with Crippen LogP contribution in [0, 0.1) is 0 Å². The average Bonchev–Trinajstić information content (AvgIpc) is 3.23. The maximum absolute atomic E-state index is 12.6. The molecular weight excluding hydrogens is 368 g/mol. The first-order chi connectivity index (χ1) is 13.5. The molecule has 2 aliphatic heterocycles. The predicted octanol–water partition coefficient (Wildman–Crippen LogP) is 1.63. The van der Waals surface area contributed by atoms with Gasteiger partial charge in [0.25, 0.3) is 5.91 Å². The second-order valence-electron chi connectivity index (χ2n) is 6.85. The van der Waals surface area contributed by atoms with Crippen molar-refractivity contribution in [3.63, 3.8) is 0 Å². The smallest absolute Gasteiger partial charge is 0.458 e. The number of carbonyl (C=O) groups is 3. The predicted molar refractivity (Wildman–Crippen MR) is 95.1 cm³/mol. The highest BCUT2D eigenvalue weighted by Crippen LogP contribution is 2.27. The summed E-state index contributed by atoms with van der Waals surface area (Å²) in [6, 6.07) is 1.67. The summed E-state index contributed by atoms with van der Waals surface area (Å²) in [4.78, 5) is 43.5. The monoisotopic (exact) mass is 388 g/mol. The summed E-state index contributed by atoms with van der Waals surface area (Å²) in [6.45, 7) is 1.15. The lowest BCUT2D eigenvalue weighted by atomic mass is 10.1. The fraction of sp³-hybridized carbons (Fsp3) is 0.444. The minimum absolute atomic E-state index is 0.219. The molecule has 2 saturated heterocycles. The SMILES string of the molecule is CN1CCC(OC(=O)OCN2C(=O)N[C@@H](c3cc4cnccc4o3)C2=O)CC1. The van der Waals surface area contributed by atoms with Crippen LogP contribution in [-0.4, -0.2) is 65.8 Å². The van der Waals surface area contributed by atoms with Gasteiger partial charge >= 0.3 is 12.2 Å². The number of aromatic nitrogens is 1. The van der Waals surface area contributed by atoms with E-state index in [2.05, 4.69) is 15.2 Å². The first-order valence-corrected chi connectivity index (χ1v) is 8.98. The molecule has 0 spiro atoms. The molecule has 0 unspecified atom stereocenters. The van der Waals surface area contributed by atoms with Gasteiger partial charge in [0.2, 0.25) is 0 Å². The van der Waals surface area contributed by atoms with Gasteiger partial charge in [0.1, 0.15) is 17.4 Å². The van der Waals surface area contributed by atoms with E-state index < -0.39 is 30.9 Å². The van der Waals surface area contributed by atoms with Gasteiger partial charge in [-0.3, -0.25) is 9.78 Å². The Labute approximate surface area is 160 Å². The average molecular weight is 388 g/mol. The van der Waals surface area contributed by atoms with Crippen LogP contribution in [-0.2, 0) is 14.3 Å². The van der Waals surface area contributed by atoms with E-state index in [9.17, 15) is 14.4 Å². The fourth-order valence-corrected chi connectivity index (χ4v) is 3.27. The molecule has 148 valence electrons. The molecule has 0 bridgehead atoms. The number of piperidine rings is 1. The normalized spacial score (nSPS) is 21.2. The Kier molecular flexibility index (Phi) is 4.86. The van der Waals surface area contributed by atoms with Crippen LogP contribution in [0.2, 0.25) is 0 Å². The van der Waals surface area contributed by atoms with E-state index in [4.69, 9.17) is 13.9 Å². The van der Waals surface area contributed by atoms with Crippen LogP contribution in [0.25, 0.3) is 11.0 Å². The van der Waals surface area contributed by atoms with Crippen molar-refractivity contribution in [2.24, 2.45) is 0 Å². The number of urea groups is 1. The number of hydrogen-bond donors (Lipinski definition) is 1. The van der Waals surface area contributed by atoms with Gasteiger partial charge in [-0.15, -0.1) is 0 Å². The Morgan fingerprint density at radius 1 is 1.36 bits per heavy atom. The number of nitrogens with one attached hydrogen (secondary N) is 1. The van der Waals surface area contributed by atoms with Crippen molar-refractivity contribution in [1.29, 1.82) is 0 Å². The zero-order valence-electron chi connectivity index (χ0n) is 15.3. The molecule has 0 aromatic carbocycles. The Morgan fingerprint density at radius 2 is 2.14 bits per heavy atom. The molecule has 10 heteroatoms. The highest BCUT2D eigenvalue weighted by atomic mass is 16.7. The van der Waals surface area contributed by atoms with Crippen molar-refractivity contribution in [3.8, 4) is 0 Å². The number of imide groups is 1. The van der Waals surface area contributed by atoms with Crippen LogP contribution in [0.15, 0.2) is 28.9 Å². The lowest BCUT2D eigenvalue weighted by Crippen LogP contribution is -2.37. The molecule has 10 nitrogen and oxygen atoms in total. The minimum Gasteiger partial charge on any atom is -0.458 e. The molecule has 28 heavy (non-hydrogen) atoms. The molecule has 3 amide bonds. The molecule has 2 fully saturated rings. The maximum atomic E-state index is 12.6. The first kappa shape index (κ1) is 18.2. The quantitative estimate of drug-likeness (QED) is 0.621. The van der Waals surface area contributed by atoms with E-state index >= 15 is 0 Å². The van der Waals surface area contributed by atoms with Gasteiger partial charge in [-0.1, -0.05) is 0 Å². The standard InChI is InChI=1S/C18H20N4O6/c1-21-6-3-12(4-7-21)27-18(25)26-10-22-16(23)15(20-17(22)24)14-8-11-9-19-5-2-13(11)28-14/h2,5,8-9,12,15H,3-4,6-7,10H2,1H3,(H,20,24)/t15-/m0/s1. The minimum atomic E-state index is -0.978. The zero-order valence-corrected chi connectivity index (χ0v) is 15.3. The van der Waals surface area contributed by atoms with Gasteiger partial charge in [-0.05, 0) is 32.0 Å². The number of nitrogens with zero attached hydrogens (tertiary/aromatic N) is 3. The number of hydrogen-bond acceptors (Lipinski definition) is 8. The number of furan rings is 1. The molecule has 4 rings (SSSR count). The number of likely N-dealkylation sites (tertiary alicyclic amines) is 1. The van der Waals surface area contributed by atoms with Crippen molar-refractivity contribution in [3.05, 3.63) is 30.3 Å². The molecule has 1 N–H and O–H groups in total. The zero-order chi connectivity index (χ0) is 19.7. The molecule has 2 aromatic rings. The van der Waals surface area contributed by atoms with E-state index in [0.717, 1.165) is 36.2 Å². The number of carbonyl (C=O) groups excluding carboxylic acids is 3. The molecular formula is C18H20N4O6. The first-order valence-electron chi connectivity index (χ1n) is 8.98. The maximum Gasteiger partial charge on any atom is 0.510 e. The van der Waals surface area contributed by atoms with Crippen LogP contribution in [0.1, 0.15) is 24.6 Å². The van der Waals surface area contributed by atoms with Crippen molar-refractivity contribution >= 4 is 29.1 Å². The van der Waals surface area contributed by atoms with E-state index in [-0.39, 0.29) is 11.9 Å². The lowest BCUT2D eigenvalue weighted by molar-refractivity contribution is -0.131. The largest absolute Gasteiger partial charge is 0.510 e. The van der Waals surface area contributed by atoms with Crippen LogP contribution in [0.5, 0.6) is 0 Å². The van der Waals surface area contributed by atoms with Crippen LogP contribution in [0.3, 0.4) is 0 Å². The van der Waals surface area contributed by atoms with Crippen molar-refractivity contribution in [1.82, 2.24) is 20.1 Å². The Balaban J connectivity index is 1.34. The lowest BCUT2D eigenvalue weighted by Gasteiger charge is -2.28. The third-order valence-corrected chi connectivity index (χ3v) is 4.89. The highest BCUT2D eigenvalue weighted by molar-refractivity contribution is 6.04. The summed E-state index contributed by atoms with van der Waals surface area (Å²) in [7, 11) is 2.00. The van der Waals surface area contributed by atoms with E-state index in [1.807, 2.05) is 7.05 Å². The van der Waals surface area contributed by atoms with Crippen molar-refractivity contribution in [2.45, 2.75) is 25.0 Å². The summed E-state index contributed by atoms with van der Waals surface area (Å²) in [5, 5.41) is 3.25. The molecule has 0 aliphatic carbocycles. The van der Waals surface area contributed by atoms with Crippen LogP contribution < -0.4 is 5.32 Å². The second kappa shape index (κ2) is 7.47. The number of rotatable bonds is 4. The summed E-state index contributed by atoms with van der Waals surface area (Å²) < 4.78 is 15.8. The topological polar surface area (TPSA) is 114 Å². The summed E-state index contributed by atoms with van der Waals surface area (Å²) >= 11 is 0. The van der Waals surface area contributed by atoms with Crippen LogP contribution >= 0.6 is 0 Å². The number of ether oxygens (including phenoxy) is 2. The van der Waals surface area contributed by atoms with E-state index in [0.29, 0.717) is 5.58 Å². The Hall–Kier alpha value is -3.14. The van der Waals surface area contributed by atoms with Gasteiger partial charge in [0, 0.05) is 30.9 Å². The second-order valence-corrected chi connectivity index (χ2v) is 6.85. The van der Waals surface area contributed by atoms with Gasteiger partial charge in [-0.25, -0.2) is 14.5 Å². The summed E-state index contributed by atoms with van der Waals surface area (Å²) in [5.41, 5.74) is 0.559. The van der Waals surface area contributed by atoms with E-state index in [1.165, 1.54) is 0 Å².